The monoisotopic (exact) mass is 1300 g/mol. The van der Waals surface area contributed by atoms with E-state index in [1.807, 2.05) is 0 Å². The molecule has 0 atom stereocenters. The van der Waals surface area contributed by atoms with Crippen molar-refractivity contribution < 1.29 is 27.6 Å². The van der Waals surface area contributed by atoms with Gasteiger partial charge in [-0.15, -0.1) is 0 Å². The van der Waals surface area contributed by atoms with E-state index in [0.29, 0.717) is 23.0 Å². The van der Waals surface area contributed by atoms with Crippen LogP contribution in [-0.2, 0) is 55.9 Å². The Kier molecular flexibility index (Phi) is 13.3. The molecule has 7 nitrogen and oxygen atoms in total. The highest BCUT2D eigenvalue weighted by Gasteiger charge is 2.48. The normalized spacial score (nSPS) is 16.4. The van der Waals surface area contributed by atoms with E-state index in [1.165, 1.54) is 44.5 Å². The van der Waals surface area contributed by atoms with Crippen molar-refractivity contribution >= 4 is 80.1 Å². The first-order chi connectivity index (χ1) is 47.8. The smallest absolute Gasteiger partial charge is 0.408 e. The molecule has 14 aromatic rings. The largest absolute Gasteiger partial charge is 0.569 e. The topological polar surface area (TPSA) is 86.6 Å². The minimum atomic E-state index is -5.19. The minimum Gasteiger partial charge on any atom is -0.408 e. The summed E-state index contributed by atoms with van der Waals surface area (Å²) in [4.78, 5) is 15.1. The third kappa shape index (κ3) is 9.18. The van der Waals surface area contributed by atoms with Crippen molar-refractivity contribution in [2.75, 3.05) is 0 Å². The van der Waals surface area contributed by atoms with Crippen molar-refractivity contribution in [2.45, 2.75) is 103 Å². The van der Waals surface area contributed by atoms with Crippen molar-refractivity contribution in [3.63, 3.8) is 0 Å². The molecule has 0 fully saturated rings. The van der Waals surface area contributed by atoms with Crippen LogP contribution < -0.4 is 18.1 Å². The maximum Gasteiger partial charge on any atom is 0.569 e. The Morgan fingerprint density at radius 2 is 0.546 bits per heavy atom. The Morgan fingerprint density at radius 3 is 0.897 bits per heavy atom. The molecule has 0 aromatic heterocycles. The SMILES string of the molecule is O=P1(N=P2(O)Oc3c(-c4c5ccccc5cc5ccccc45)cc4c(c3-c3c5c(cc(-c6c7ccccc7cc7ccccc67)c3O2)CCCC5)CCCC4)Oc2c(-c3cccc4ccccc34)cc3c(c2-c2c4c(cc(-c5cccc6ccccc56)c2O1)CCCC4)CCCC3. The highest BCUT2D eigenvalue weighted by molar-refractivity contribution is 7.64. The van der Waals surface area contributed by atoms with Gasteiger partial charge in [0.05, 0.1) is 0 Å². The standard InChI is InChI=1S/C88H69NO6P2/c90-96(92-85-75(73-45-21-33-53-23-1-11-35-63(53)73)49-59-29-7-17-41-69(59)81(85)82-70-42-18-8-30-60(70)50-76(86(82)93-96)74-46-22-34-54-24-2-12-36-64(54)74)89-97(91)94-87-77(79-65-37-13-3-25-55(65)47-56-26-4-14-38-66(56)79)51-61-31-9-19-43-71(61)83(87)84-72-44-20-10-32-62(72)52-78(88(84)95-97)80-67-39-15-5-27-57(67)48-58-28-6-16-40-68(58)80/h1-6,11-16,21-28,33-40,45-52,91H,7-10,17-20,29-32,41-44H2. The molecule has 0 radical (unpaired) electrons. The zero-order valence-electron chi connectivity index (χ0n) is 53.9. The molecule has 9 heteroatoms. The third-order valence-electron chi connectivity index (χ3n) is 22.2. The summed E-state index contributed by atoms with van der Waals surface area (Å²) in [6.07, 6.45) is 14.8. The minimum absolute atomic E-state index is 0.432. The highest BCUT2D eigenvalue weighted by atomic mass is 31.2. The van der Waals surface area contributed by atoms with Crippen LogP contribution in [0.1, 0.15) is 95.9 Å². The van der Waals surface area contributed by atoms with Gasteiger partial charge >= 0.3 is 15.5 Å². The Labute approximate surface area is 564 Å². The van der Waals surface area contributed by atoms with E-state index in [0.717, 1.165) is 234 Å². The van der Waals surface area contributed by atoms with Gasteiger partial charge < -0.3 is 18.1 Å². The van der Waals surface area contributed by atoms with Crippen molar-refractivity contribution in [3.8, 4) is 89.8 Å². The van der Waals surface area contributed by atoms with Crippen LogP contribution in [0.25, 0.3) is 131 Å². The first kappa shape index (κ1) is 57.5. The predicted octanol–water partition coefficient (Wildman–Crippen LogP) is 24.4. The molecule has 20 rings (SSSR count). The first-order valence-electron chi connectivity index (χ1n) is 35.1. The van der Waals surface area contributed by atoms with E-state index in [1.54, 1.807) is 0 Å². The molecule has 0 unspecified atom stereocenters. The van der Waals surface area contributed by atoms with Gasteiger partial charge in [-0.1, -0.05) is 187 Å². The maximum absolute atomic E-state index is 18.2. The van der Waals surface area contributed by atoms with Crippen LogP contribution in [0.3, 0.4) is 0 Å². The fourth-order valence-corrected chi connectivity index (χ4v) is 21.5. The predicted molar refractivity (Wildman–Crippen MR) is 399 cm³/mol. The summed E-state index contributed by atoms with van der Waals surface area (Å²) in [5.74, 6) is 1.79. The summed E-state index contributed by atoms with van der Waals surface area (Å²) in [5, 5.41) is 12.8. The fourth-order valence-electron chi connectivity index (χ4n) is 18.0. The molecule has 0 saturated heterocycles. The zero-order chi connectivity index (χ0) is 64.1. The summed E-state index contributed by atoms with van der Waals surface area (Å²) in [5.41, 5.74) is 20.5. The Morgan fingerprint density at radius 1 is 0.268 bits per heavy atom. The van der Waals surface area contributed by atoms with Crippen LogP contribution >= 0.6 is 15.5 Å². The molecular formula is C88H69NO6P2. The number of hydrogen-bond acceptors (Lipinski definition) is 5. The number of hydrogen-bond donors (Lipinski definition) is 1. The summed E-state index contributed by atoms with van der Waals surface area (Å²) in [6.45, 7) is 0. The molecule has 0 bridgehead atoms. The zero-order valence-corrected chi connectivity index (χ0v) is 55.7. The van der Waals surface area contributed by atoms with E-state index in [-0.39, 0.29) is 0 Å². The lowest BCUT2D eigenvalue weighted by Gasteiger charge is -2.28. The number of aryl methyl sites for hydroxylation is 4. The van der Waals surface area contributed by atoms with Crippen molar-refractivity contribution in [1.29, 1.82) is 0 Å². The molecule has 4 aliphatic carbocycles. The summed E-state index contributed by atoms with van der Waals surface area (Å²) in [7, 11) is -10.2. The Bertz CT molecular complexity index is 5420. The van der Waals surface area contributed by atoms with Crippen LogP contribution in [0.15, 0.2) is 223 Å². The molecule has 14 aromatic carbocycles. The second-order valence-corrected chi connectivity index (χ2v) is 31.1. The van der Waals surface area contributed by atoms with Crippen LogP contribution in [0, 0.1) is 0 Å². The lowest BCUT2D eigenvalue weighted by atomic mass is 9.76. The number of benzene rings is 14. The van der Waals surface area contributed by atoms with Gasteiger partial charge in [0.25, 0.3) is 0 Å². The van der Waals surface area contributed by atoms with Crippen LogP contribution in [0.4, 0.5) is 0 Å². The van der Waals surface area contributed by atoms with E-state index < -0.39 is 15.5 Å². The van der Waals surface area contributed by atoms with Gasteiger partial charge in [-0.05, 0) is 259 Å². The summed E-state index contributed by atoms with van der Waals surface area (Å²) in [6, 6.07) is 78.1. The maximum atomic E-state index is 18.2. The van der Waals surface area contributed by atoms with Crippen molar-refractivity contribution in [2.24, 2.45) is 4.52 Å². The molecule has 6 aliphatic rings. The quantitative estimate of drug-likeness (QED) is 0.136. The highest BCUT2D eigenvalue weighted by Crippen LogP contribution is 2.72. The van der Waals surface area contributed by atoms with E-state index in [4.69, 9.17) is 22.6 Å². The van der Waals surface area contributed by atoms with E-state index >= 15 is 9.46 Å². The fraction of sp³-hybridized carbons (Fsp3) is 0.182. The Hall–Kier alpha value is -9.74. The van der Waals surface area contributed by atoms with Gasteiger partial charge in [0.2, 0.25) is 0 Å². The van der Waals surface area contributed by atoms with Crippen LogP contribution in [-0.4, -0.2) is 4.89 Å². The van der Waals surface area contributed by atoms with Crippen LogP contribution in [0.5, 0.6) is 23.0 Å². The van der Waals surface area contributed by atoms with Gasteiger partial charge in [-0.2, -0.15) is 0 Å². The number of fused-ring (bicyclic) bond motifs is 20. The number of nitrogens with zero attached hydrogens (tertiary/aromatic N) is 1. The van der Waals surface area contributed by atoms with Gasteiger partial charge in [-0.3, -0.25) is 4.89 Å². The lowest BCUT2D eigenvalue weighted by molar-refractivity contribution is 0.361. The molecule has 0 amide bonds. The van der Waals surface area contributed by atoms with Crippen molar-refractivity contribution in [3.05, 3.63) is 263 Å². The Balaban J connectivity index is 0.944. The lowest BCUT2D eigenvalue weighted by Crippen LogP contribution is -2.10. The molecule has 0 spiro atoms. The summed E-state index contributed by atoms with van der Waals surface area (Å²) < 4.78 is 54.8. The average molecular weight is 1300 g/mol. The van der Waals surface area contributed by atoms with Gasteiger partial charge in [-0.25, -0.2) is 4.57 Å². The second-order valence-electron chi connectivity index (χ2n) is 27.7. The molecule has 472 valence electrons. The second kappa shape index (κ2) is 22.4. The third-order valence-corrected chi connectivity index (χ3v) is 25.7. The molecular weight excluding hydrogens is 1230 g/mol. The van der Waals surface area contributed by atoms with Crippen molar-refractivity contribution in [1.82, 2.24) is 0 Å². The molecule has 1 N–H and O–H groups in total. The van der Waals surface area contributed by atoms with Gasteiger partial charge in [0, 0.05) is 55.6 Å². The van der Waals surface area contributed by atoms with Gasteiger partial charge in [0.1, 0.15) is 23.0 Å². The average Bonchev–Trinajstić information content (AvgIpc) is 1.66. The van der Waals surface area contributed by atoms with Crippen LogP contribution in [0.2, 0.25) is 0 Å². The van der Waals surface area contributed by atoms with E-state index in [2.05, 4.69) is 218 Å². The molecule has 97 heavy (non-hydrogen) atoms. The number of rotatable bonds is 5. The summed E-state index contributed by atoms with van der Waals surface area (Å²) >= 11 is 0. The molecule has 2 heterocycles. The molecule has 0 saturated carbocycles. The van der Waals surface area contributed by atoms with E-state index in [9.17, 15) is 0 Å². The molecule has 2 aliphatic heterocycles. The van der Waals surface area contributed by atoms with Gasteiger partial charge in [0.15, 0.2) is 0 Å². The first-order valence-corrected chi connectivity index (χ1v) is 38.1.